The topological polar surface area (TPSA) is 63.7 Å². The van der Waals surface area contributed by atoms with Crippen molar-refractivity contribution in [3.63, 3.8) is 0 Å². The molecule has 0 spiro atoms. The summed E-state index contributed by atoms with van der Waals surface area (Å²) in [4.78, 5) is 13.1. The van der Waals surface area contributed by atoms with Gasteiger partial charge in [-0.3, -0.25) is 4.79 Å². The average Bonchev–Trinajstić information content (AvgIpc) is 2.56. The largest absolute Gasteiger partial charge is 0.494 e. The standard InChI is InChI=1S/C20H25NO4S/c1-6-25-17-11-9-16(10-12-17)21(19(22)20(3,4)5)26(23,24)18-13-7-15(2)8-14-18/h7-14H,6H2,1-5H3. The Morgan fingerprint density at radius 2 is 1.54 bits per heavy atom. The fourth-order valence-corrected chi connectivity index (χ4v) is 3.91. The Bertz CT molecular complexity index is 864. The van der Waals surface area contributed by atoms with Crippen LogP contribution in [0.1, 0.15) is 33.3 Å². The quantitative estimate of drug-likeness (QED) is 0.787. The average molecular weight is 375 g/mol. The number of amides is 1. The number of nitrogens with zero attached hydrogens (tertiary/aromatic N) is 1. The maximum atomic E-state index is 13.2. The molecular weight excluding hydrogens is 350 g/mol. The lowest BCUT2D eigenvalue weighted by molar-refractivity contribution is -0.124. The van der Waals surface area contributed by atoms with Gasteiger partial charge in [0.1, 0.15) is 5.75 Å². The molecule has 0 N–H and O–H groups in total. The van der Waals surface area contributed by atoms with Gasteiger partial charge in [-0.1, -0.05) is 38.5 Å². The lowest BCUT2D eigenvalue weighted by Gasteiger charge is -2.29. The number of carbonyl (C=O) groups is 1. The van der Waals surface area contributed by atoms with Crippen molar-refractivity contribution in [2.45, 2.75) is 39.5 Å². The summed E-state index contributed by atoms with van der Waals surface area (Å²) in [5.74, 6) is 0.120. The Labute approximate surface area is 155 Å². The Balaban J connectivity index is 2.57. The van der Waals surface area contributed by atoms with Gasteiger partial charge in [0.2, 0.25) is 5.91 Å². The first kappa shape index (κ1) is 20.0. The number of benzene rings is 2. The minimum absolute atomic E-state index is 0.0783. The lowest BCUT2D eigenvalue weighted by atomic mass is 9.95. The third kappa shape index (κ3) is 4.25. The number of rotatable bonds is 5. The molecule has 5 nitrogen and oxygen atoms in total. The van der Waals surface area contributed by atoms with E-state index in [0.717, 1.165) is 9.87 Å². The van der Waals surface area contributed by atoms with Crippen molar-refractivity contribution in [3.8, 4) is 5.75 Å². The smallest absolute Gasteiger partial charge is 0.270 e. The third-order valence-electron chi connectivity index (χ3n) is 3.77. The predicted molar refractivity (Wildman–Crippen MR) is 103 cm³/mol. The van der Waals surface area contributed by atoms with E-state index in [4.69, 9.17) is 4.74 Å². The molecule has 0 saturated heterocycles. The van der Waals surface area contributed by atoms with E-state index in [2.05, 4.69) is 0 Å². The van der Waals surface area contributed by atoms with E-state index < -0.39 is 21.3 Å². The minimum atomic E-state index is -4.04. The molecule has 0 heterocycles. The van der Waals surface area contributed by atoms with Crippen molar-refractivity contribution >= 4 is 21.6 Å². The molecule has 0 radical (unpaired) electrons. The molecular formula is C20H25NO4S. The highest BCUT2D eigenvalue weighted by Crippen LogP contribution is 2.31. The van der Waals surface area contributed by atoms with Gasteiger partial charge in [-0.2, -0.15) is 0 Å². The molecule has 0 aliphatic heterocycles. The Kier molecular flexibility index (Phi) is 5.76. The first-order valence-corrected chi connectivity index (χ1v) is 9.90. The van der Waals surface area contributed by atoms with Gasteiger partial charge < -0.3 is 4.74 Å². The van der Waals surface area contributed by atoms with Crippen molar-refractivity contribution in [1.82, 2.24) is 0 Å². The summed E-state index contributed by atoms with van der Waals surface area (Å²) < 4.78 is 32.7. The summed E-state index contributed by atoms with van der Waals surface area (Å²) >= 11 is 0. The highest BCUT2D eigenvalue weighted by atomic mass is 32.2. The van der Waals surface area contributed by atoms with Crippen LogP contribution in [0.4, 0.5) is 5.69 Å². The maximum Gasteiger partial charge on any atom is 0.270 e. The number of aryl methyl sites for hydroxylation is 1. The van der Waals surface area contributed by atoms with Crippen LogP contribution in [0.15, 0.2) is 53.4 Å². The van der Waals surface area contributed by atoms with Gasteiger partial charge in [-0.05, 0) is 50.2 Å². The van der Waals surface area contributed by atoms with Gasteiger partial charge in [0, 0.05) is 5.41 Å². The van der Waals surface area contributed by atoms with E-state index in [1.165, 1.54) is 12.1 Å². The Morgan fingerprint density at radius 1 is 1.00 bits per heavy atom. The number of carbonyl (C=O) groups excluding carboxylic acids is 1. The van der Waals surface area contributed by atoms with Crippen LogP contribution in [0, 0.1) is 12.3 Å². The molecule has 0 saturated carbocycles. The van der Waals surface area contributed by atoms with E-state index >= 15 is 0 Å². The van der Waals surface area contributed by atoms with Crippen molar-refractivity contribution in [2.24, 2.45) is 5.41 Å². The molecule has 0 aliphatic rings. The molecule has 2 aromatic carbocycles. The van der Waals surface area contributed by atoms with Gasteiger partial charge in [0.25, 0.3) is 10.0 Å². The molecule has 26 heavy (non-hydrogen) atoms. The lowest BCUT2D eigenvalue weighted by Crippen LogP contribution is -2.43. The number of ether oxygens (including phenoxy) is 1. The van der Waals surface area contributed by atoms with Crippen molar-refractivity contribution < 1.29 is 17.9 Å². The zero-order valence-corrected chi connectivity index (χ0v) is 16.6. The van der Waals surface area contributed by atoms with Crippen molar-refractivity contribution in [3.05, 3.63) is 54.1 Å². The third-order valence-corrected chi connectivity index (χ3v) is 5.49. The zero-order valence-electron chi connectivity index (χ0n) is 15.8. The summed E-state index contributed by atoms with van der Waals surface area (Å²) in [7, 11) is -4.04. The molecule has 0 bridgehead atoms. The second kappa shape index (κ2) is 7.50. The molecule has 0 atom stereocenters. The summed E-state index contributed by atoms with van der Waals surface area (Å²) in [6, 6.07) is 12.9. The Morgan fingerprint density at radius 3 is 2.00 bits per heavy atom. The van der Waals surface area contributed by atoms with Gasteiger partial charge in [0.15, 0.2) is 0 Å². The Hall–Kier alpha value is -2.34. The zero-order chi connectivity index (χ0) is 19.5. The molecule has 2 aromatic rings. The minimum Gasteiger partial charge on any atom is -0.494 e. The molecule has 0 unspecified atom stereocenters. The van der Waals surface area contributed by atoms with E-state index in [-0.39, 0.29) is 10.6 Å². The molecule has 6 heteroatoms. The molecule has 0 aromatic heterocycles. The fraction of sp³-hybridized carbons (Fsp3) is 0.350. The first-order chi connectivity index (χ1) is 12.1. The van der Waals surface area contributed by atoms with E-state index in [0.29, 0.717) is 12.4 Å². The van der Waals surface area contributed by atoms with Crippen LogP contribution < -0.4 is 9.04 Å². The van der Waals surface area contributed by atoms with Gasteiger partial charge in [-0.25, -0.2) is 12.7 Å². The summed E-state index contributed by atoms with van der Waals surface area (Å²) in [5.41, 5.74) is 0.365. The highest BCUT2D eigenvalue weighted by molar-refractivity contribution is 7.93. The van der Waals surface area contributed by atoms with Gasteiger partial charge in [-0.15, -0.1) is 0 Å². The van der Waals surface area contributed by atoms with Crippen molar-refractivity contribution in [1.29, 1.82) is 0 Å². The summed E-state index contributed by atoms with van der Waals surface area (Å²) in [6.07, 6.45) is 0. The highest BCUT2D eigenvalue weighted by Gasteiger charge is 2.37. The van der Waals surface area contributed by atoms with Crippen LogP contribution >= 0.6 is 0 Å². The monoisotopic (exact) mass is 375 g/mol. The first-order valence-electron chi connectivity index (χ1n) is 8.46. The second-order valence-electron chi connectivity index (χ2n) is 7.06. The fourth-order valence-electron chi connectivity index (χ4n) is 2.33. The van der Waals surface area contributed by atoms with Crippen LogP contribution in [0.3, 0.4) is 0 Å². The van der Waals surface area contributed by atoms with E-state index in [1.807, 2.05) is 13.8 Å². The predicted octanol–water partition coefficient (Wildman–Crippen LogP) is 4.16. The summed E-state index contributed by atoms with van der Waals surface area (Å²) in [6.45, 7) is 9.34. The van der Waals surface area contributed by atoms with E-state index in [1.54, 1.807) is 57.2 Å². The molecule has 1 amide bonds. The van der Waals surface area contributed by atoms with Gasteiger partial charge >= 0.3 is 0 Å². The number of anilines is 1. The number of hydrogen-bond donors (Lipinski definition) is 0. The van der Waals surface area contributed by atoms with Crippen LogP contribution in [0.25, 0.3) is 0 Å². The molecule has 140 valence electrons. The molecule has 0 aliphatic carbocycles. The van der Waals surface area contributed by atoms with Gasteiger partial charge in [0.05, 0.1) is 17.2 Å². The molecule has 2 rings (SSSR count). The van der Waals surface area contributed by atoms with Crippen LogP contribution in [-0.4, -0.2) is 20.9 Å². The van der Waals surface area contributed by atoms with Crippen LogP contribution in [0.2, 0.25) is 0 Å². The summed E-state index contributed by atoms with van der Waals surface area (Å²) in [5, 5.41) is 0. The van der Waals surface area contributed by atoms with Crippen molar-refractivity contribution in [2.75, 3.05) is 10.9 Å². The van der Waals surface area contributed by atoms with Crippen LogP contribution in [0.5, 0.6) is 5.75 Å². The van der Waals surface area contributed by atoms with Crippen LogP contribution in [-0.2, 0) is 14.8 Å². The maximum absolute atomic E-state index is 13.2. The van der Waals surface area contributed by atoms with E-state index in [9.17, 15) is 13.2 Å². The molecule has 0 fully saturated rings. The normalized spacial score (nSPS) is 11.9. The second-order valence-corrected chi connectivity index (χ2v) is 8.85. The number of hydrogen-bond acceptors (Lipinski definition) is 4. The SMILES string of the molecule is CCOc1ccc(N(C(=O)C(C)(C)C)S(=O)(=O)c2ccc(C)cc2)cc1. The number of sulfonamides is 1.